The highest BCUT2D eigenvalue weighted by atomic mass is 32.1. The molecule has 2 aliphatic rings. The fraction of sp³-hybridized carbons (Fsp3) is 0.467. The number of amides is 1. The monoisotopic (exact) mass is 369 g/mol. The molecule has 1 saturated heterocycles. The number of rotatable bonds is 3. The molecule has 3 heterocycles. The molecule has 1 amide bonds. The average Bonchev–Trinajstić information content (AvgIpc) is 3.31. The summed E-state index contributed by atoms with van der Waals surface area (Å²) in [6.07, 6.45) is -1.25. The third-order valence-corrected chi connectivity index (χ3v) is 5.00. The van der Waals surface area contributed by atoms with Gasteiger partial charge < -0.3 is 9.80 Å². The molecular weight excluding hydrogens is 355 g/mol. The molecule has 6 nitrogen and oxygen atoms in total. The van der Waals surface area contributed by atoms with E-state index in [2.05, 4.69) is 14.3 Å². The van der Waals surface area contributed by atoms with Gasteiger partial charge in [-0.2, -0.15) is 17.5 Å². The van der Waals surface area contributed by atoms with Gasteiger partial charge in [-0.25, -0.2) is 4.98 Å². The molecule has 0 spiro atoms. The normalized spacial score (nSPS) is 18.8. The number of halogens is 3. The maximum Gasteiger partial charge on any atom is 0.433 e. The molecule has 1 saturated carbocycles. The Morgan fingerprint density at radius 2 is 2.04 bits per heavy atom. The van der Waals surface area contributed by atoms with Crippen LogP contribution in [0.1, 0.15) is 30.3 Å². The standard InChI is InChI=1S/C15H14F3N5OS/c16-15(17,18)11-7-10(3-4-19-11)23-6-5-22(8-12(23)24)14-20-13(21-25-14)9-1-2-9/h3-4,7,9H,1-2,5-6,8H2. The van der Waals surface area contributed by atoms with Crippen LogP contribution in [0.3, 0.4) is 0 Å². The van der Waals surface area contributed by atoms with Crippen LogP contribution in [-0.4, -0.2) is 39.9 Å². The number of pyridine rings is 1. The molecule has 0 unspecified atom stereocenters. The molecule has 132 valence electrons. The van der Waals surface area contributed by atoms with Crippen LogP contribution in [0, 0.1) is 0 Å². The molecule has 0 atom stereocenters. The number of hydrogen-bond donors (Lipinski definition) is 0. The molecule has 4 rings (SSSR count). The molecule has 10 heteroatoms. The van der Waals surface area contributed by atoms with E-state index in [-0.39, 0.29) is 18.1 Å². The summed E-state index contributed by atoms with van der Waals surface area (Å²) >= 11 is 1.26. The van der Waals surface area contributed by atoms with Crippen molar-refractivity contribution in [1.29, 1.82) is 0 Å². The smallest absolute Gasteiger partial charge is 0.336 e. The summed E-state index contributed by atoms with van der Waals surface area (Å²) in [7, 11) is 0. The number of anilines is 2. The zero-order valence-electron chi connectivity index (χ0n) is 13.0. The third kappa shape index (κ3) is 3.30. The van der Waals surface area contributed by atoms with Gasteiger partial charge in [0.2, 0.25) is 11.0 Å². The number of aromatic nitrogens is 3. The first-order chi connectivity index (χ1) is 11.9. The lowest BCUT2D eigenvalue weighted by Crippen LogP contribution is -2.50. The van der Waals surface area contributed by atoms with Crippen LogP contribution in [0.2, 0.25) is 0 Å². The van der Waals surface area contributed by atoms with Gasteiger partial charge in [0.15, 0.2) is 0 Å². The number of carbonyl (C=O) groups excluding carboxylic acids is 1. The van der Waals surface area contributed by atoms with E-state index in [9.17, 15) is 18.0 Å². The highest BCUT2D eigenvalue weighted by Crippen LogP contribution is 2.40. The van der Waals surface area contributed by atoms with Crippen molar-refractivity contribution in [2.75, 3.05) is 29.4 Å². The van der Waals surface area contributed by atoms with Gasteiger partial charge in [0.1, 0.15) is 11.5 Å². The Morgan fingerprint density at radius 3 is 2.72 bits per heavy atom. The van der Waals surface area contributed by atoms with E-state index in [1.807, 2.05) is 4.90 Å². The van der Waals surface area contributed by atoms with Crippen LogP contribution < -0.4 is 9.80 Å². The van der Waals surface area contributed by atoms with Crippen molar-refractivity contribution in [3.63, 3.8) is 0 Å². The molecule has 0 radical (unpaired) electrons. The number of nitrogens with zero attached hydrogens (tertiary/aromatic N) is 5. The SMILES string of the molecule is O=C1CN(c2nc(C3CC3)ns2)CCN1c1ccnc(C(F)(F)F)c1. The van der Waals surface area contributed by atoms with E-state index in [0.29, 0.717) is 24.1 Å². The van der Waals surface area contributed by atoms with Gasteiger partial charge in [0.05, 0.1) is 6.54 Å². The fourth-order valence-corrected chi connectivity index (χ4v) is 3.48. The summed E-state index contributed by atoms with van der Waals surface area (Å²) in [6.45, 7) is 0.857. The zero-order chi connectivity index (χ0) is 17.6. The Labute approximate surface area is 145 Å². The van der Waals surface area contributed by atoms with Crippen LogP contribution in [-0.2, 0) is 11.0 Å². The second-order valence-electron chi connectivity index (χ2n) is 6.07. The summed E-state index contributed by atoms with van der Waals surface area (Å²) in [5.74, 6) is 1.01. The van der Waals surface area contributed by atoms with Crippen LogP contribution in [0.5, 0.6) is 0 Å². The topological polar surface area (TPSA) is 62.2 Å². The summed E-state index contributed by atoms with van der Waals surface area (Å²) in [5, 5.41) is 0.695. The second-order valence-corrected chi connectivity index (χ2v) is 6.80. The van der Waals surface area contributed by atoms with E-state index in [0.717, 1.165) is 30.9 Å². The fourth-order valence-electron chi connectivity index (χ4n) is 2.71. The van der Waals surface area contributed by atoms with Crippen molar-refractivity contribution in [2.24, 2.45) is 0 Å². The Bertz CT molecular complexity index is 804. The molecule has 25 heavy (non-hydrogen) atoms. The van der Waals surface area contributed by atoms with Crippen molar-refractivity contribution in [3.8, 4) is 0 Å². The minimum absolute atomic E-state index is 0.0724. The molecule has 2 aromatic heterocycles. The molecule has 0 bridgehead atoms. The van der Waals surface area contributed by atoms with Gasteiger partial charge in [-0.1, -0.05) is 0 Å². The second kappa shape index (κ2) is 5.94. The molecular formula is C15H14F3N5OS. The summed E-state index contributed by atoms with van der Waals surface area (Å²) in [5.41, 5.74) is -0.790. The first kappa shape index (κ1) is 16.2. The van der Waals surface area contributed by atoms with E-state index in [4.69, 9.17) is 0 Å². The Balaban J connectivity index is 1.48. The highest BCUT2D eigenvalue weighted by Gasteiger charge is 2.34. The minimum atomic E-state index is -4.54. The van der Waals surface area contributed by atoms with Gasteiger partial charge in [0.25, 0.3) is 0 Å². The lowest BCUT2D eigenvalue weighted by atomic mass is 10.2. The Hall–Kier alpha value is -2.23. The number of piperazine rings is 1. The number of carbonyl (C=O) groups is 1. The van der Waals surface area contributed by atoms with Crippen molar-refractivity contribution < 1.29 is 18.0 Å². The van der Waals surface area contributed by atoms with Crippen LogP contribution in [0.15, 0.2) is 18.3 Å². The molecule has 2 aromatic rings. The van der Waals surface area contributed by atoms with E-state index in [1.165, 1.54) is 22.5 Å². The molecule has 1 aliphatic carbocycles. The number of alkyl halides is 3. The lowest BCUT2D eigenvalue weighted by molar-refractivity contribution is -0.141. The van der Waals surface area contributed by atoms with E-state index < -0.39 is 11.9 Å². The predicted molar refractivity (Wildman–Crippen MR) is 85.7 cm³/mol. The predicted octanol–water partition coefficient (Wildman–Crippen LogP) is 2.68. The summed E-state index contributed by atoms with van der Waals surface area (Å²) in [6, 6.07) is 2.32. The van der Waals surface area contributed by atoms with Crippen molar-refractivity contribution in [3.05, 3.63) is 29.8 Å². The van der Waals surface area contributed by atoms with E-state index in [1.54, 1.807) is 0 Å². The summed E-state index contributed by atoms with van der Waals surface area (Å²) < 4.78 is 42.7. The van der Waals surface area contributed by atoms with Gasteiger partial charge in [-0.05, 0) is 25.0 Å². The quantitative estimate of drug-likeness (QED) is 0.833. The zero-order valence-corrected chi connectivity index (χ0v) is 13.8. The Kier molecular flexibility index (Phi) is 3.86. The van der Waals surface area contributed by atoms with Gasteiger partial charge in [-0.15, -0.1) is 0 Å². The largest absolute Gasteiger partial charge is 0.433 e. The van der Waals surface area contributed by atoms with Crippen molar-refractivity contribution in [2.45, 2.75) is 24.9 Å². The highest BCUT2D eigenvalue weighted by molar-refractivity contribution is 7.09. The maximum atomic E-state index is 12.8. The first-order valence-electron chi connectivity index (χ1n) is 7.84. The van der Waals surface area contributed by atoms with Crippen molar-refractivity contribution in [1.82, 2.24) is 14.3 Å². The minimum Gasteiger partial charge on any atom is -0.336 e. The summed E-state index contributed by atoms with van der Waals surface area (Å²) in [4.78, 5) is 23.4. The molecule has 2 fully saturated rings. The first-order valence-corrected chi connectivity index (χ1v) is 8.61. The van der Waals surface area contributed by atoms with Gasteiger partial charge in [0, 0.05) is 42.4 Å². The average molecular weight is 369 g/mol. The van der Waals surface area contributed by atoms with Crippen LogP contribution >= 0.6 is 11.5 Å². The van der Waals surface area contributed by atoms with Crippen LogP contribution in [0.25, 0.3) is 0 Å². The molecule has 0 N–H and O–H groups in total. The third-order valence-electron chi connectivity index (χ3n) is 4.21. The van der Waals surface area contributed by atoms with E-state index >= 15 is 0 Å². The van der Waals surface area contributed by atoms with Crippen molar-refractivity contribution >= 4 is 28.3 Å². The number of hydrogen-bond acceptors (Lipinski definition) is 6. The molecule has 0 aromatic carbocycles. The Morgan fingerprint density at radius 1 is 1.24 bits per heavy atom. The van der Waals surface area contributed by atoms with Gasteiger partial charge >= 0.3 is 6.18 Å². The maximum absolute atomic E-state index is 12.8. The lowest BCUT2D eigenvalue weighted by Gasteiger charge is -2.34. The van der Waals surface area contributed by atoms with Gasteiger partial charge in [-0.3, -0.25) is 9.78 Å². The van der Waals surface area contributed by atoms with Crippen LogP contribution in [0.4, 0.5) is 24.0 Å². The molecule has 1 aliphatic heterocycles.